The van der Waals surface area contributed by atoms with Crippen molar-refractivity contribution < 1.29 is 14.7 Å². The largest absolute Gasteiger partial charge is 0.481 e. The number of amides is 1. The molecule has 1 amide bonds. The molecule has 19 heavy (non-hydrogen) atoms. The molecule has 5 nitrogen and oxygen atoms in total. The highest BCUT2D eigenvalue weighted by Gasteiger charge is 2.11. The van der Waals surface area contributed by atoms with Gasteiger partial charge < -0.3 is 15.4 Å². The zero-order chi connectivity index (χ0) is 14.0. The quantitative estimate of drug-likeness (QED) is 0.786. The number of aliphatic carboxylic acids is 1. The number of aryl methyl sites for hydroxylation is 2. The Kier molecular flexibility index (Phi) is 3.55. The minimum absolute atomic E-state index is 0.0793. The molecule has 0 fully saturated rings. The Hall–Kier alpha value is -2.30. The van der Waals surface area contributed by atoms with E-state index >= 15 is 0 Å². The highest BCUT2D eigenvalue weighted by molar-refractivity contribution is 5.99. The van der Waals surface area contributed by atoms with Gasteiger partial charge in [-0.3, -0.25) is 9.59 Å². The molecule has 0 aliphatic carbocycles. The zero-order valence-corrected chi connectivity index (χ0v) is 10.9. The number of fused-ring (bicyclic) bond motifs is 1. The van der Waals surface area contributed by atoms with Crippen LogP contribution in [0, 0.1) is 13.8 Å². The summed E-state index contributed by atoms with van der Waals surface area (Å²) in [6.07, 6.45) is -0.0793. The van der Waals surface area contributed by atoms with Crippen LogP contribution in [0.25, 0.3) is 10.9 Å². The van der Waals surface area contributed by atoms with Crippen molar-refractivity contribution in [3.8, 4) is 0 Å². The number of aromatic nitrogens is 1. The van der Waals surface area contributed by atoms with E-state index in [0.717, 1.165) is 16.5 Å². The summed E-state index contributed by atoms with van der Waals surface area (Å²) in [6.45, 7) is 4.16. The van der Waals surface area contributed by atoms with E-state index in [0.29, 0.717) is 5.69 Å². The molecule has 2 rings (SSSR count). The summed E-state index contributed by atoms with van der Waals surface area (Å²) >= 11 is 0. The van der Waals surface area contributed by atoms with Crippen LogP contribution in [-0.2, 0) is 4.79 Å². The first-order valence-electron chi connectivity index (χ1n) is 6.08. The molecule has 100 valence electrons. The van der Waals surface area contributed by atoms with Gasteiger partial charge in [0.2, 0.25) is 0 Å². The second-order valence-electron chi connectivity index (χ2n) is 4.55. The summed E-state index contributed by atoms with van der Waals surface area (Å²) in [7, 11) is 0. The number of nitrogens with one attached hydrogen (secondary N) is 2. The maximum atomic E-state index is 11.9. The van der Waals surface area contributed by atoms with E-state index in [1.165, 1.54) is 5.56 Å². The third-order valence-corrected chi connectivity index (χ3v) is 3.21. The van der Waals surface area contributed by atoms with Crippen LogP contribution in [-0.4, -0.2) is 28.5 Å². The van der Waals surface area contributed by atoms with E-state index in [9.17, 15) is 9.59 Å². The molecule has 1 aromatic carbocycles. The predicted octanol–water partition coefficient (Wildman–Crippen LogP) is 1.99. The van der Waals surface area contributed by atoms with Crippen LogP contribution in [0.5, 0.6) is 0 Å². The number of carboxylic acids is 1. The molecule has 0 aliphatic heterocycles. The Bertz CT molecular complexity index is 643. The third-order valence-electron chi connectivity index (χ3n) is 3.21. The smallest absolute Gasteiger partial charge is 0.305 e. The lowest BCUT2D eigenvalue weighted by Gasteiger charge is -2.00. The lowest BCUT2D eigenvalue weighted by atomic mass is 10.1. The fourth-order valence-electron chi connectivity index (χ4n) is 1.96. The number of carbonyl (C=O) groups excluding carboxylic acids is 1. The monoisotopic (exact) mass is 260 g/mol. The Morgan fingerprint density at radius 1 is 1.32 bits per heavy atom. The van der Waals surface area contributed by atoms with Gasteiger partial charge in [-0.15, -0.1) is 0 Å². The normalized spacial score (nSPS) is 10.6. The molecular formula is C14H16N2O3. The number of rotatable bonds is 4. The van der Waals surface area contributed by atoms with Gasteiger partial charge >= 0.3 is 5.97 Å². The third kappa shape index (κ3) is 2.76. The standard InChI is InChI=1S/C14H16N2O3/c1-8-3-4-11-10(9(8)2)7-12(16-11)14(19)15-6-5-13(17)18/h3-4,7,16H,5-6H2,1-2H3,(H,15,19)(H,17,18). The van der Waals surface area contributed by atoms with Gasteiger partial charge in [0.15, 0.2) is 0 Å². The molecule has 0 radical (unpaired) electrons. The van der Waals surface area contributed by atoms with Gasteiger partial charge in [-0.1, -0.05) is 6.07 Å². The number of aromatic amines is 1. The summed E-state index contributed by atoms with van der Waals surface area (Å²) in [5, 5.41) is 12.1. The first-order valence-corrected chi connectivity index (χ1v) is 6.08. The van der Waals surface area contributed by atoms with Gasteiger partial charge in [-0.05, 0) is 37.1 Å². The van der Waals surface area contributed by atoms with Crippen LogP contribution >= 0.6 is 0 Å². The van der Waals surface area contributed by atoms with Gasteiger partial charge in [-0.2, -0.15) is 0 Å². The van der Waals surface area contributed by atoms with Gasteiger partial charge in [0.05, 0.1) is 6.42 Å². The summed E-state index contributed by atoms with van der Waals surface area (Å²) in [5.74, 6) is -1.21. The number of carbonyl (C=O) groups is 2. The van der Waals surface area contributed by atoms with Crippen molar-refractivity contribution >= 4 is 22.8 Å². The fraction of sp³-hybridized carbons (Fsp3) is 0.286. The van der Waals surface area contributed by atoms with Crippen molar-refractivity contribution in [1.29, 1.82) is 0 Å². The van der Waals surface area contributed by atoms with E-state index in [2.05, 4.69) is 10.3 Å². The van der Waals surface area contributed by atoms with Gasteiger partial charge in [0.25, 0.3) is 5.91 Å². The van der Waals surface area contributed by atoms with Crippen LogP contribution < -0.4 is 5.32 Å². The Labute approximate surface area is 110 Å². The molecule has 0 saturated carbocycles. The minimum atomic E-state index is -0.927. The molecule has 0 spiro atoms. The molecule has 0 bridgehead atoms. The molecule has 5 heteroatoms. The number of H-pyrrole nitrogens is 1. The molecule has 1 heterocycles. The van der Waals surface area contributed by atoms with E-state index in [1.807, 2.05) is 26.0 Å². The average molecular weight is 260 g/mol. The van der Waals surface area contributed by atoms with Crippen LogP contribution in [0.4, 0.5) is 0 Å². The maximum absolute atomic E-state index is 11.9. The molecule has 1 aromatic heterocycles. The second-order valence-corrected chi connectivity index (χ2v) is 4.55. The van der Waals surface area contributed by atoms with E-state index in [-0.39, 0.29) is 18.9 Å². The van der Waals surface area contributed by atoms with Gasteiger partial charge in [0, 0.05) is 17.4 Å². The lowest BCUT2D eigenvalue weighted by Crippen LogP contribution is -2.26. The topological polar surface area (TPSA) is 82.2 Å². The molecule has 0 saturated heterocycles. The summed E-state index contributed by atoms with van der Waals surface area (Å²) in [4.78, 5) is 25.3. The second kappa shape index (κ2) is 5.14. The highest BCUT2D eigenvalue weighted by atomic mass is 16.4. The number of benzene rings is 1. The Balaban J connectivity index is 2.19. The maximum Gasteiger partial charge on any atom is 0.305 e. The molecule has 3 N–H and O–H groups in total. The SMILES string of the molecule is Cc1ccc2[nH]c(C(=O)NCCC(=O)O)cc2c1C. The molecular weight excluding hydrogens is 244 g/mol. The summed E-state index contributed by atoms with van der Waals surface area (Å²) in [5.41, 5.74) is 3.67. The first kappa shape index (κ1) is 13.1. The van der Waals surface area contributed by atoms with Crippen LogP contribution in [0.1, 0.15) is 28.0 Å². The number of hydrogen-bond acceptors (Lipinski definition) is 2. The van der Waals surface area contributed by atoms with Crippen molar-refractivity contribution in [2.75, 3.05) is 6.54 Å². The van der Waals surface area contributed by atoms with Crippen molar-refractivity contribution in [2.24, 2.45) is 0 Å². The summed E-state index contributed by atoms with van der Waals surface area (Å²) in [6, 6.07) is 5.74. The number of carboxylic acid groups (broad SMARTS) is 1. The number of hydrogen-bond donors (Lipinski definition) is 3. The highest BCUT2D eigenvalue weighted by Crippen LogP contribution is 2.22. The lowest BCUT2D eigenvalue weighted by molar-refractivity contribution is -0.136. The predicted molar refractivity (Wildman–Crippen MR) is 72.4 cm³/mol. The minimum Gasteiger partial charge on any atom is -0.481 e. The molecule has 0 aliphatic rings. The van der Waals surface area contributed by atoms with Crippen LogP contribution in [0.3, 0.4) is 0 Å². The zero-order valence-electron chi connectivity index (χ0n) is 10.9. The molecule has 2 aromatic rings. The average Bonchev–Trinajstić information content (AvgIpc) is 2.78. The van der Waals surface area contributed by atoms with Crippen LogP contribution in [0.2, 0.25) is 0 Å². The van der Waals surface area contributed by atoms with E-state index in [1.54, 1.807) is 6.07 Å². The van der Waals surface area contributed by atoms with E-state index in [4.69, 9.17) is 5.11 Å². The Morgan fingerprint density at radius 3 is 2.74 bits per heavy atom. The molecule has 0 unspecified atom stereocenters. The van der Waals surface area contributed by atoms with Crippen LogP contribution in [0.15, 0.2) is 18.2 Å². The van der Waals surface area contributed by atoms with Crippen molar-refractivity contribution in [3.63, 3.8) is 0 Å². The van der Waals surface area contributed by atoms with Crippen molar-refractivity contribution in [1.82, 2.24) is 10.3 Å². The van der Waals surface area contributed by atoms with E-state index < -0.39 is 5.97 Å². The summed E-state index contributed by atoms with van der Waals surface area (Å²) < 4.78 is 0. The van der Waals surface area contributed by atoms with Gasteiger partial charge in [-0.25, -0.2) is 0 Å². The Morgan fingerprint density at radius 2 is 2.05 bits per heavy atom. The van der Waals surface area contributed by atoms with Gasteiger partial charge in [0.1, 0.15) is 5.69 Å². The molecule has 0 atom stereocenters. The first-order chi connectivity index (χ1) is 8.99. The van der Waals surface area contributed by atoms with Crippen molar-refractivity contribution in [2.45, 2.75) is 20.3 Å². The van der Waals surface area contributed by atoms with Crippen molar-refractivity contribution in [3.05, 3.63) is 35.0 Å². The fourth-order valence-corrected chi connectivity index (χ4v) is 1.96.